The summed E-state index contributed by atoms with van der Waals surface area (Å²) >= 11 is 0. The number of nitrogens with zero attached hydrogens (tertiary/aromatic N) is 1. The van der Waals surface area contributed by atoms with E-state index in [1.807, 2.05) is 0 Å². The van der Waals surface area contributed by atoms with Gasteiger partial charge in [-0.1, -0.05) is 121 Å². The third-order valence-electron chi connectivity index (χ3n) is 8.78. The Balaban J connectivity index is 4.46. The molecule has 0 bridgehead atoms. The second-order valence-corrected chi connectivity index (χ2v) is 14.5. The number of hydrogen-bond donors (Lipinski definition) is 0. The van der Waals surface area contributed by atoms with Gasteiger partial charge in [-0.3, -0.25) is 9.59 Å². The zero-order valence-corrected chi connectivity index (χ0v) is 32.8. The van der Waals surface area contributed by atoms with Crippen molar-refractivity contribution in [3.05, 3.63) is 36.5 Å². The van der Waals surface area contributed by atoms with Crippen LogP contribution < -0.4 is 5.11 Å². The summed E-state index contributed by atoms with van der Waals surface area (Å²) in [7, 11) is 5.38. The van der Waals surface area contributed by atoms with Crippen LogP contribution in [0.5, 0.6) is 0 Å². The number of ether oxygens (including phenoxy) is 3. The number of carbonyl (C=O) groups excluding carboxylic acids is 3. The van der Waals surface area contributed by atoms with Gasteiger partial charge < -0.3 is 28.6 Å². The molecule has 0 aliphatic carbocycles. The van der Waals surface area contributed by atoms with Crippen LogP contribution in [0, 0.1) is 0 Å². The van der Waals surface area contributed by atoms with Crippen molar-refractivity contribution >= 4 is 17.9 Å². The molecule has 8 nitrogen and oxygen atoms in total. The number of esters is 2. The van der Waals surface area contributed by atoms with E-state index in [4.69, 9.17) is 14.2 Å². The van der Waals surface area contributed by atoms with Crippen LogP contribution in [-0.4, -0.2) is 75.5 Å². The number of hydrogen-bond acceptors (Lipinski definition) is 7. The van der Waals surface area contributed by atoms with Crippen LogP contribution in [0.25, 0.3) is 0 Å². The summed E-state index contributed by atoms with van der Waals surface area (Å²) in [5, 5.41) is 11.6. The molecule has 0 saturated carbocycles. The second kappa shape index (κ2) is 33.7. The van der Waals surface area contributed by atoms with Crippen LogP contribution >= 0.6 is 0 Å². The van der Waals surface area contributed by atoms with Crippen LogP contribution in [0.2, 0.25) is 0 Å². The number of quaternary nitrogens is 1. The van der Waals surface area contributed by atoms with Crippen LogP contribution in [0.4, 0.5) is 0 Å². The van der Waals surface area contributed by atoms with Gasteiger partial charge >= 0.3 is 11.9 Å². The molecule has 2 atom stereocenters. The molecule has 0 saturated heterocycles. The van der Waals surface area contributed by atoms with Crippen LogP contribution in [0.1, 0.15) is 162 Å². The quantitative estimate of drug-likeness (QED) is 0.0213. The average Bonchev–Trinajstić information content (AvgIpc) is 3.06. The number of carbonyl (C=O) groups is 3. The van der Waals surface area contributed by atoms with Gasteiger partial charge in [-0.05, 0) is 57.8 Å². The maximum atomic E-state index is 12.6. The zero-order chi connectivity index (χ0) is 37.1. The summed E-state index contributed by atoms with van der Waals surface area (Å²) in [5.41, 5.74) is 0. The normalized spacial score (nSPS) is 13.4. The number of likely N-dealkylation sites (N-methyl/N-ethyl adjacent to an activating group) is 1. The van der Waals surface area contributed by atoms with E-state index in [0.717, 1.165) is 70.6 Å². The van der Waals surface area contributed by atoms with Gasteiger partial charge in [0.25, 0.3) is 0 Å². The SMILES string of the molecule is CCCC/C=C/CCCCCCC(=O)OCC(COCCC(C(=O)[O-])[N+](C)(C)C)OC(=O)CCCCC/C=C/C=C/CCCCCCCCC. The van der Waals surface area contributed by atoms with Gasteiger partial charge in [-0.2, -0.15) is 0 Å². The smallest absolute Gasteiger partial charge is 0.306 e. The molecule has 0 radical (unpaired) electrons. The summed E-state index contributed by atoms with van der Waals surface area (Å²) < 4.78 is 17.0. The lowest BCUT2D eigenvalue weighted by molar-refractivity contribution is -0.889. The molecule has 0 aliphatic heterocycles. The molecule has 0 spiro atoms. The van der Waals surface area contributed by atoms with E-state index >= 15 is 0 Å². The summed E-state index contributed by atoms with van der Waals surface area (Å²) in [6, 6.07) is -0.730. The maximum Gasteiger partial charge on any atom is 0.306 e. The molecule has 0 N–H and O–H groups in total. The summed E-state index contributed by atoms with van der Waals surface area (Å²) in [6.45, 7) is 4.56. The molecule has 0 amide bonds. The van der Waals surface area contributed by atoms with Crippen molar-refractivity contribution in [3.63, 3.8) is 0 Å². The van der Waals surface area contributed by atoms with Gasteiger partial charge in [0, 0.05) is 19.3 Å². The fraction of sp³-hybridized carbons (Fsp3) is 0.786. The predicted octanol–water partition coefficient (Wildman–Crippen LogP) is 8.96. The van der Waals surface area contributed by atoms with Crippen molar-refractivity contribution in [2.24, 2.45) is 0 Å². The van der Waals surface area contributed by atoms with E-state index < -0.39 is 18.1 Å². The predicted molar refractivity (Wildman–Crippen MR) is 203 cm³/mol. The van der Waals surface area contributed by atoms with Crippen molar-refractivity contribution in [1.29, 1.82) is 0 Å². The highest BCUT2D eigenvalue weighted by Gasteiger charge is 2.25. The van der Waals surface area contributed by atoms with E-state index in [9.17, 15) is 19.5 Å². The lowest BCUT2D eigenvalue weighted by Gasteiger charge is -2.34. The molecule has 0 fully saturated rings. The highest BCUT2D eigenvalue weighted by atomic mass is 16.6. The monoisotopic (exact) mass is 706 g/mol. The molecule has 0 rings (SSSR count). The van der Waals surface area contributed by atoms with Gasteiger partial charge in [-0.15, -0.1) is 0 Å². The number of rotatable bonds is 35. The Labute approximate surface area is 306 Å². The first-order valence-electron chi connectivity index (χ1n) is 20.0. The maximum absolute atomic E-state index is 12.6. The Morgan fingerprint density at radius 2 is 1.08 bits per heavy atom. The first-order chi connectivity index (χ1) is 24.1. The van der Waals surface area contributed by atoms with Crippen molar-refractivity contribution in [2.75, 3.05) is 41.0 Å². The molecular formula is C42H75NO7. The van der Waals surface area contributed by atoms with Crippen molar-refractivity contribution in [3.8, 4) is 0 Å². The summed E-state index contributed by atoms with van der Waals surface area (Å²) in [5.74, 6) is -1.79. The zero-order valence-electron chi connectivity index (χ0n) is 32.8. The average molecular weight is 706 g/mol. The van der Waals surface area contributed by atoms with Gasteiger partial charge in [0.2, 0.25) is 0 Å². The van der Waals surface area contributed by atoms with Gasteiger partial charge in [0.1, 0.15) is 12.6 Å². The first-order valence-corrected chi connectivity index (χ1v) is 20.0. The topological polar surface area (TPSA) is 102 Å². The van der Waals surface area contributed by atoms with Crippen LogP contribution in [0.3, 0.4) is 0 Å². The number of carboxylic acids is 1. The molecule has 0 aromatic heterocycles. The number of carboxylic acid groups (broad SMARTS) is 1. The van der Waals surface area contributed by atoms with Gasteiger partial charge in [-0.25, -0.2) is 0 Å². The highest BCUT2D eigenvalue weighted by molar-refractivity contribution is 5.70. The lowest BCUT2D eigenvalue weighted by atomic mass is 10.1. The van der Waals surface area contributed by atoms with Gasteiger partial charge in [0.05, 0.1) is 40.3 Å². The van der Waals surface area contributed by atoms with Gasteiger partial charge in [0.15, 0.2) is 6.10 Å². The van der Waals surface area contributed by atoms with Crippen molar-refractivity contribution in [1.82, 2.24) is 0 Å². The minimum atomic E-state index is -1.13. The Morgan fingerprint density at radius 3 is 1.64 bits per heavy atom. The van der Waals surface area contributed by atoms with Crippen molar-refractivity contribution in [2.45, 2.75) is 174 Å². The lowest BCUT2D eigenvalue weighted by Crippen LogP contribution is -2.55. The molecule has 0 heterocycles. The molecule has 290 valence electrons. The van der Waals surface area contributed by atoms with Crippen LogP contribution in [0.15, 0.2) is 36.5 Å². The third-order valence-corrected chi connectivity index (χ3v) is 8.78. The number of unbranched alkanes of at least 4 members (excludes halogenated alkanes) is 16. The molecule has 0 aromatic carbocycles. The van der Waals surface area contributed by atoms with E-state index in [1.165, 1.54) is 57.8 Å². The molecule has 0 aliphatic rings. The largest absolute Gasteiger partial charge is 0.544 e. The van der Waals surface area contributed by atoms with E-state index in [0.29, 0.717) is 6.42 Å². The minimum absolute atomic E-state index is 0.0268. The Morgan fingerprint density at radius 1 is 0.600 bits per heavy atom. The molecule has 8 heteroatoms. The number of allylic oxidation sites excluding steroid dienone is 6. The molecule has 2 unspecified atom stereocenters. The first kappa shape index (κ1) is 47.5. The van der Waals surface area contributed by atoms with Crippen LogP contribution in [-0.2, 0) is 28.6 Å². The molecular weight excluding hydrogens is 630 g/mol. The Bertz CT molecular complexity index is 922. The fourth-order valence-corrected chi connectivity index (χ4v) is 5.57. The summed E-state index contributed by atoms with van der Waals surface area (Å²) in [6.07, 6.45) is 36.0. The Hall–Kier alpha value is -2.45. The standard InChI is InChI=1S/C42H75NO7/c1-6-8-10-12-14-16-18-19-20-21-22-23-25-27-29-31-33-41(45)50-38(36-48-35-34-39(42(46)47)43(3,4)5)37-49-40(44)32-30-28-26-24-17-15-13-11-9-7-2/h13,15,20-23,38-39H,6-12,14,16-19,24-37H2,1-5H3/b15-13+,21-20+,23-22+. The van der Waals surface area contributed by atoms with Crippen molar-refractivity contribution < 1.29 is 38.2 Å². The third kappa shape index (κ3) is 31.5. The molecule has 0 aromatic rings. The van der Waals surface area contributed by atoms with E-state index in [2.05, 4.69) is 50.3 Å². The Kier molecular flexibility index (Phi) is 32.0. The van der Waals surface area contributed by atoms with E-state index in [1.54, 1.807) is 21.1 Å². The molecule has 50 heavy (non-hydrogen) atoms. The fourth-order valence-electron chi connectivity index (χ4n) is 5.57. The highest BCUT2D eigenvalue weighted by Crippen LogP contribution is 2.12. The van der Waals surface area contributed by atoms with E-state index in [-0.39, 0.29) is 49.1 Å². The minimum Gasteiger partial charge on any atom is -0.544 e. The summed E-state index contributed by atoms with van der Waals surface area (Å²) in [4.78, 5) is 36.6. The second-order valence-electron chi connectivity index (χ2n) is 14.5. The number of aliphatic carboxylic acids is 1.